The first-order chi connectivity index (χ1) is 15.9. The molecular weight excluding hydrogens is 422 g/mol. The Labute approximate surface area is 192 Å². The van der Waals surface area contributed by atoms with Crippen molar-refractivity contribution in [2.24, 2.45) is 0 Å². The Morgan fingerprint density at radius 2 is 2.09 bits per heavy atom. The molecule has 2 N–H and O–H groups in total. The highest BCUT2D eigenvalue weighted by Crippen LogP contribution is 2.34. The second kappa shape index (κ2) is 9.57. The summed E-state index contributed by atoms with van der Waals surface area (Å²) in [5.74, 6) is 2.17. The van der Waals surface area contributed by atoms with E-state index in [2.05, 4.69) is 15.5 Å². The molecule has 0 bridgehead atoms. The van der Waals surface area contributed by atoms with Gasteiger partial charge >= 0.3 is 0 Å². The van der Waals surface area contributed by atoms with Gasteiger partial charge in [0.25, 0.3) is 5.91 Å². The van der Waals surface area contributed by atoms with Gasteiger partial charge in [0.15, 0.2) is 5.94 Å². The van der Waals surface area contributed by atoms with Crippen molar-refractivity contribution in [2.75, 3.05) is 38.8 Å². The Bertz CT molecular complexity index is 1180. The molecule has 33 heavy (non-hydrogen) atoms. The van der Waals surface area contributed by atoms with Gasteiger partial charge in [-0.3, -0.25) is 4.79 Å². The van der Waals surface area contributed by atoms with Crippen LogP contribution in [-0.2, 0) is 14.3 Å². The van der Waals surface area contributed by atoms with Crippen molar-refractivity contribution in [2.45, 2.75) is 32.7 Å². The summed E-state index contributed by atoms with van der Waals surface area (Å²) in [7, 11) is 3.58. The number of fused-ring (bicyclic) bond motifs is 1. The fourth-order valence-electron chi connectivity index (χ4n) is 4.55. The van der Waals surface area contributed by atoms with E-state index in [4.69, 9.17) is 13.9 Å². The van der Waals surface area contributed by atoms with Crippen LogP contribution in [0.5, 0.6) is 0 Å². The van der Waals surface area contributed by atoms with Gasteiger partial charge in [0.1, 0.15) is 17.0 Å². The van der Waals surface area contributed by atoms with E-state index in [0.717, 1.165) is 48.4 Å². The molecule has 3 heterocycles. The van der Waals surface area contributed by atoms with Crippen LogP contribution in [0.4, 0.5) is 5.69 Å². The van der Waals surface area contributed by atoms with Gasteiger partial charge in [-0.2, -0.15) is 0 Å². The van der Waals surface area contributed by atoms with Crippen molar-refractivity contribution >= 4 is 28.5 Å². The summed E-state index contributed by atoms with van der Waals surface area (Å²) in [5, 5.41) is 6.68. The number of nitrogens with zero attached hydrogens (tertiary/aromatic N) is 1. The van der Waals surface area contributed by atoms with E-state index in [1.807, 2.05) is 32.9 Å². The van der Waals surface area contributed by atoms with Crippen LogP contribution in [0.3, 0.4) is 0 Å². The van der Waals surface area contributed by atoms with E-state index in [9.17, 15) is 9.59 Å². The fourth-order valence-corrected chi connectivity index (χ4v) is 4.55. The molecule has 8 nitrogen and oxygen atoms in total. The first-order valence-electron chi connectivity index (χ1n) is 11.0. The molecule has 0 spiro atoms. The van der Waals surface area contributed by atoms with Crippen LogP contribution in [0.15, 0.2) is 51.6 Å². The minimum atomic E-state index is -0.249. The lowest BCUT2D eigenvalue weighted by molar-refractivity contribution is 0.0854. The van der Waals surface area contributed by atoms with Crippen LogP contribution in [-0.4, -0.2) is 51.8 Å². The normalized spacial score (nSPS) is 16.8. The Morgan fingerprint density at radius 3 is 2.79 bits per heavy atom. The Balaban J connectivity index is 1.66. The lowest BCUT2D eigenvalue weighted by atomic mass is 9.98. The first-order valence-corrected chi connectivity index (χ1v) is 11.0. The highest BCUT2D eigenvalue weighted by atomic mass is 16.5. The number of hydrogen-bond acceptors (Lipinski definition) is 7. The van der Waals surface area contributed by atoms with Gasteiger partial charge in [0.05, 0.1) is 18.9 Å². The molecule has 1 fully saturated rings. The third-order valence-corrected chi connectivity index (χ3v) is 6.35. The number of amides is 1. The van der Waals surface area contributed by atoms with Gasteiger partial charge in [-0.15, -0.1) is 0 Å². The highest BCUT2D eigenvalue weighted by molar-refractivity contribution is 6.09. The van der Waals surface area contributed by atoms with Crippen LogP contribution in [0.1, 0.15) is 35.7 Å². The molecule has 1 aromatic carbocycles. The Kier molecular flexibility index (Phi) is 6.58. The molecule has 1 amide bonds. The van der Waals surface area contributed by atoms with Crippen LogP contribution >= 0.6 is 0 Å². The molecule has 0 unspecified atom stereocenters. The summed E-state index contributed by atoms with van der Waals surface area (Å²) in [5.41, 5.74) is 4.61. The van der Waals surface area contributed by atoms with Crippen LogP contribution in [0.25, 0.3) is 11.0 Å². The maximum absolute atomic E-state index is 13.4. The lowest BCUT2D eigenvalue weighted by Gasteiger charge is -2.34. The number of carbonyl (C=O) groups excluding carboxylic acids is 2. The highest BCUT2D eigenvalue weighted by Gasteiger charge is 2.26. The van der Waals surface area contributed by atoms with Gasteiger partial charge < -0.3 is 29.4 Å². The van der Waals surface area contributed by atoms with Crippen molar-refractivity contribution in [3.05, 3.63) is 58.3 Å². The number of nitrogens with one attached hydrogen (secondary N) is 2. The summed E-state index contributed by atoms with van der Waals surface area (Å²) in [6.07, 6.45) is 5.24. The van der Waals surface area contributed by atoms with E-state index >= 15 is 0 Å². The van der Waals surface area contributed by atoms with Gasteiger partial charge in [-0.1, -0.05) is 0 Å². The van der Waals surface area contributed by atoms with Crippen LogP contribution < -0.4 is 15.5 Å². The van der Waals surface area contributed by atoms with Crippen LogP contribution in [0, 0.1) is 6.92 Å². The summed E-state index contributed by atoms with van der Waals surface area (Å²) in [6, 6.07) is 4.13. The Hall–Kier alpha value is -3.48. The number of ether oxygens (including phenoxy) is 2. The number of carbonyl (C=O) groups is 1. The molecule has 2 aliphatic heterocycles. The van der Waals surface area contributed by atoms with E-state index in [1.165, 1.54) is 7.11 Å². The minimum Gasteiger partial charge on any atom is -0.496 e. The number of rotatable bonds is 6. The maximum Gasteiger partial charge on any atom is 0.252 e. The third-order valence-electron chi connectivity index (χ3n) is 6.35. The zero-order valence-electron chi connectivity index (χ0n) is 19.4. The first kappa shape index (κ1) is 22.7. The molecule has 0 aliphatic carbocycles. The van der Waals surface area contributed by atoms with Crippen molar-refractivity contribution in [1.29, 1.82) is 0 Å². The molecule has 4 rings (SSSR count). The second-order valence-electron chi connectivity index (χ2n) is 8.34. The number of dihydropyridines is 1. The average Bonchev–Trinajstić information content (AvgIpc) is 3.30. The number of benzene rings is 1. The van der Waals surface area contributed by atoms with E-state index in [0.29, 0.717) is 28.5 Å². The summed E-state index contributed by atoms with van der Waals surface area (Å²) in [6.45, 7) is 5.36. The molecule has 174 valence electrons. The molecular formula is C25H29N3O5. The Morgan fingerprint density at radius 1 is 1.33 bits per heavy atom. The smallest absolute Gasteiger partial charge is 0.252 e. The number of allylic oxidation sites excluding steroid dienone is 2. The maximum atomic E-state index is 13.4. The quantitative estimate of drug-likeness (QED) is 0.652. The minimum absolute atomic E-state index is 0.113. The standard InChI is InChI=1S/C25H29N3O5/c1-15-11-22(31-4)19(20(14-29)27-15)13-26-25(30)24-16(2)21(12-23-18(24)7-10-33-23)28(3)17-5-8-32-9-6-17/h7,10-12,17,27H,5-6,8-9,13H2,1-4H3,(H,26,30). The number of furan rings is 1. The third kappa shape index (κ3) is 4.40. The SMILES string of the molecule is COC1=C(CNC(=O)c2c(C)c(N(C)C3CCOCC3)cc3occc23)C(=C=O)NC(C)=C1. The molecule has 1 saturated heterocycles. The van der Waals surface area contributed by atoms with Gasteiger partial charge in [0.2, 0.25) is 0 Å². The molecule has 0 atom stereocenters. The van der Waals surface area contributed by atoms with Gasteiger partial charge in [0, 0.05) is 61.3 Å². The van der Waals surface area contributed by atoms with E-state index in [1.54, 1.807) is 18.4 Å². The zero-order chi connectivity index (χ0) is 23.5. The van der Waals surface area contributed by atoms with Gasteiger partial charge in [-0.25, -0.2) is 4.79 Å². The predicted octanol–water partition coefficient (Wildman–Crippen LogP) is 3.21. The molecule has 0 radical (unpaired) electrons. The summed E-state index contributed by atoms with van der Waals surface area (Å²) >= 11 is 0. The van der Waals surface area contributed by atoms with Crippen molar-refractivity contribution in [1.82, 2.24) is 10.6 Å². The molecule has 8 heteroatoms. The molecule has 1 aromatic heterocycles. The number of anilines is 1. The van der Waals surface area contributed by atoms with Crippen LogP contribution in [0.2, 0.25) is 0 Å². The fraction of sp³-hybridized carbons (Fsp3) is 0.400. The summed E-state index contributed by atoms with van der Waals surface area (Å²) in [4.78, 5) is 27.1. The largest absolute Gasteiger partial charge is 0.496 e. The monoisotopic (exact) mass is 451 g/mol. The molecule has 2 aromatic rings. The summed E-state index contributed by atoms with van der Waals surface area (Å²) < 4.78 is 16.6. The predicted molar refractivity (Wildman–Crippen MR) is 126 cm³/mol. The number of methoxy groups -OCH3 is 1. The lowest BCUT2D eigenvalue weighted by Crippen LogP contribution is -2.37. The topological polar surface area (TPSA) is 93.0 Å². The zero-order valence-corrected chi connectivity index (χ0v) is 19.4. The van der Waals surface area contributed by atoms with Gasteiger partial charge in [-0.05, 0) is 44.4 Å². The van der Waals surface area contributed by atoms with E-state index < -0.39 is 0 Å². The van der Waals surface area contributed by atoms with E-state index in [-0.39, 0.29) is 18.1 Å². The molecule has 0 saturated carbocycles. The second-order valence-corrected chi connectivity index (χ2v) is 8.34. The van der Waals surface area contributed by atoms with Crippen molar-refractivity contribution in [3.8, 4) is 0 Å². The van der Waals surface area contributed by atoms with Crippen molar-refractivity contribution in [3.63, 3.8) is 0 Å². The molecule has 2 aliphatic rings. The average molecular weight is 452 g/mol. The van der Waals surface area contributed by atoms with Crippen molar-refractivity contribution < 1.29 is 23.5 Å². The number of hydrogen-bond donors (Lipinski definition) is 2.